The Morgan fingerprint density at radius 2 is 1.63 bits per heavy atom. The second-order valence-electron chi connectivity index (χ2n) is 6.50. The Bertz CT molecular complexity index is 829. The largest absolute Gasteiger partial charge is 0.416 e. The summed E-state index contributed by atoms with van der Waals surface area (Å²) in [6.45, 7) is 2.24. The van der Waals surface area contributed by atoms with Gasteiger partial charge in [0.25, 0.3) is 0 Å². The van der Waals surface area contributed by atoms with Gasteiger partial charge >= 0.3 is 6.18 Å². The molecule has 1 fully saturated rings. The van der Waals surface area contributed by atoms with Gasteiger partial charge in [-0.25, -0.2) is 0 Å². The van der Waals surface area contributed by atoms with Crippen molar-refractivity contribution in [3.63, 3.8) is 0 Å². The number of rotatable bonds is 5. The fourth-order valence-corrected chi connectivity index (χ4v) is 2.97. The van der Waals surface area contributed by atoms with E-state index in [1.807, 2.05) is 25.1 Å². The van der Waals surface area contributed by atoms with E-state index >= 15 is 0 Å². The van der Waals surface area contributed by atoms with Crippen LogP contribution in [0.2, 0.25) is 0 Å². The van der Waals surface area contributed by atoms with E-state index in [4.69, 9.17) is 0 Å². The number of halogens is 3. The van der Waals surface area contributed by atoms with Crippen LogP contribution in [0, 0.1) is 5.41 Å². The van der Waals surface area contributed by atoms with Crippen molar-refractivity contribution in [2.45, 2.75) is 25.9 Å². The molecule has 3 rings (SSSR count). The van der Waals surface area contributed by atoms with Gasteiger partial charge in [-0.05, 0) is 56.2 Å². The van der Waals surface area contributed by atoms with E-state index in [1.54, 1.807) is 17.0 Å². The van der Waals surface area contributed by atoms with Gasteiger partial charge in [-0.1, -0.05) is 18.2 Å². The van der Waals surface area contributed by atoms with E-state index in [-0.39, 0.29) is 11.6 Å². The first-order chi connectivity index (χ1) is 12.8. The molecule has 27 heavy (non-hydrogen) atoms. The first-order valence-corrected chi connectivity index (χ1v) is 8.63. The third-order valence-electron chi connectivity index (χ3n) is 4.69. The first-order valence-electron chi connectivity index (χ1n) is 8.63. The highest BCUT2D eigenvalue weighted by atomic mass is 19.4. The van der Waals surface area contributed by atoms with Gasteiger partial charge in [0, 0.05) is 17.9 Å². The molecule has 0 aliphatic heterocycles. The highest BCUT2D eigenvalue weighted by molar-refractivity contribution is 6.17. The van der Waals surface area contributed by atoms with Crippen LogP contribution in [0.5, 0.6) is 0 Å². The third kappa shape index (κ3) is 3.82. The Labute approximate surface area is 155 Å². The van der Waals surface area contributed by atoms with Crippen LogP contribution in [-0.2, 0) is 15.8 Å². The Hall–Kier alpha value is -2.83. The lowest BCUT2D eigenvalue weighted by Gasteiger charge is -2.26. The van der Waals surface area contributed by atoms with Crippen LogP contribution in [-0.4, -0.2) is 18.4 Å². The van der Waals surface area contributed by atoms with Gasteiger partial charge < -0.3 is 10.2 Å². The molecule has 1 saturated carbocycles. The lowest BCUT2D eigenvalue weighted by Crippen LogP contribution is -2.43. The normalized spacial score (nSPS) is 15.1. The molecular weight excluding hydrogens is 357 g/mol. The topological polar surface area (TPSA) is 49.4 Å². The summed E-state index contributed by atoms with van der Waals surface area (Å²) in [6.07, 6.45) is -3.60. The molecule has 1 aliphatic carbocycles. The lowest BCUT2D eigenvalue weighted by atomic mass is 10.0. The smallest absolute Gasteiger partial charge is 0.325 e. The van der Waals surface area contributed by atoms with E-state index in [2.05, 4.69) is 5.32 Å². The molecule has 0 bridgehead atoms. The van der Waals surface area contributed by atoms with Crippen LogP contribution in [0.25, 0.3) is 0 Å². The number of nitrogens with zero attached hydrogens (tertiary/aromatic N) is 1. The van der Waals surface area contributed by atoms with Crippen molar-refractivity contribution in [2.24, 2.45) is 5.41 Å². The lowest BCUT2D eigenvalue weighted by molar-refractivity contribution is -0.137. The van der Waals surface area contributed by atoms with E-state index in [0.717, 1.165) is 12.1 Å². The summed E-state index contributed by atoms with van der Waals surface area (Å²) in [4.78, 5) is 27.2. The van der Waals surface area contributed by atoms with Crippen LogP contribution in [0.15, 0.2) is 54.6 Å². The standard InChI is InChI=1S/C20H19F3N2O2/c1-2-25(16-6-4-3-5-7-16)18(27)19(12-13-19)17(26)24-15-10-8-14(9-11-15)20(21,22)23/h3-11H,2,12-13H2,1H3,(H,24,26). The summed E-state index contributed by atoms with van der Waals surface area (Å²) < 4.78 is 37.9. The number of para-hydroxylation sites is 1. The number of alkyl halides is 3. The first kappa shape index (κ1) is 18.9. The highest BCUT2D eigenvalue weighted by Gasteiger charge is 2.58. The van der Waals surface area contributed by atoms with Crippen LogP contribution in [0.1, 0.15) is 25.3 Å². The minimum absolute atomic E-state index is 0.231. The number of hydrogen-bond donors (Lipinski definition) is 1. The van der Waals surface area contributed by atoms with E-state index < -0.39 is 23.1 Å². The predicted octanol–water partition coefficient (Wildman–Crippen LogP) is 4.48. The quantitative estimate of drug-likeness (QED) is 0.783. The van der Waals surface area contributed by atoms with E-state index in [9.17, 15) is 22.8 Å². The van der Waals surface area contributed by atoms with Crippen LogP contribution in [0.3, 0.4) is 0 Å². The Morgan fingerprint density at radius 1 is 1.04 bits per heavy atom. The number of amides is 2. The average molecular weight is 376 g/mol. The molecule has 7 heteroatoms. The van der Waals surface area contributed by atoms with Crippen molar-refractivity contribution >= 4 is 23.2 Å². The van der Waals surface area contributed by atoms with Gasteiger partial charge in [0.05, 0.1) is 5.56 Å². The van der Waals surface area contributed by atoms with Crippen LogP contribution < -0.4 is 10.2 Å². The summed E-state index contributed by atoms with van der Waals surface area (Å²) in [5.74, 6) is -0.776. The van der Waals surface area contributed by atoms with Gasteiger partial charge in [0.1, 0.15) is 5.41 Å². The number of carbonyl (C=O) groups excluding carboxylic acids is 2. The summed E-state index contributed by atoms with van der Waals surface area (Å²) in [6, 6.07) is 13.2. The van der Waals surface area contributed by atoms with Gasteiger partial charge in [-0.15, -0.1) is 0 Å². The molecule has 1 N–H and O–H groups in total. The molecule has 142 valence electrons. The minimum atomic E-state index is -4.44. The van der Waals surface area contributed by atoms with Crippen molar-refractivity contribution in [3.05, 3.63) is 60.2 Å². The van der Waals surface area contributed by atoms with Gasteiger partial charge in [-0.2, -0.15) is 13.2 Å². The molecule has 4 nitrogen and oxygen atoms in total. The SMILES string of the molecule is CCN(C(=O)C1(C(=O)Nc2ccc(C(F)(F)F)cc2)CC1)c1ccccc1. The second-order valence-corrected chi connectivity index (χ2v) is 6.50. The number of benzene rings is 2. The fraction of sp³-hybridized carbons (Fsp3) is 0.300. The summed E-state index contributed by atoms with van der Waals surface area (Å²) in [7, 11) is 0. The average Bonchev–Trinajstić information content (AvgIpc) is 3.45. The molecule has 0 spiro atoms. The van der Waals surface area contributed by atoms with Crippen molar-refractivity contribution in [3.8, 4) is 0 Å². The number of carbonyl (C=O) groups is 2. The van der Waals surface area contributed by atoms with Crippen LogP contribution >= 0.6 is 0 Å². The molecule has 0 heterocycles. The maximum absolute atomic E-state index is 13.0. The van der Waals surface area contributed by atoms with Crippen molar-refractivity contribution in [2.75, 3.05) is 16.8 Å². The van der Waals surface area contributed by atoms with E-state index in [1.165, 1.54) is 12.1 Å². The zero-order chi connectivity index (χ0) is 19.7. The molecule has 0 atom stereocenters. The van der Waals surface area contributed by atoms with Gasteiger partial charge in [0.2, 0.25) is 11.8 Å². The van der Waals surface area contributed by atoms with Crippen molar-refractivity contribution in [1.29, 1.82) is 0 Å². The fourth-order valence-electron chi connectivity index (χ4n) is 2.97. The summed E-state index contributed by atoms with van der Waals surface area (Å²) in [5.41, 5.74) is -1.01. The molecule has 2 aromatic carbocycles. The molecule has 0 unspecified atom stereocenters. The third-order valence-corrected chi connectivity index (χ3v) is 4.69. The molecule has 2 aromatic rings. The van der Waals surface area contributed by atoms with Crippen LogP contribution in [0.4, 0.5) is 24.5 Å². The molecule has 0 saturated heterocycles. The van der Waals surface area contributed by atoms with Gasteiger partial charge in [0.15, 0.2) is 0 Å². The number of hydrogen-bond acceptors (Lipinski definition) is 2. The van der Waals surface area contributed by atoms with Crippen molar-refractivity contribution in [1.82, 2.24) is 0 Å². The maximum Gasteiger partial charge on any atom is 0.416 e. The number of nitrogens with one attached hydrogen (secondary N) is 1. The molecule has 1 aliphatic rings. The summed E-state index contributed by atoms with van der Waals surface area (Å²) in [5, 5.41) is 2.58. The highest BCUT2D eigenvalue weighted by Crippen LogP contribution is 2.48. The molecular formula is C20H19F3N2O2. The van der Waals surface area contributed by atoms with E-state index in [0.29, 0.717) is 25.1 Å². The Kier molecular flexibility index (Phi) is 4.95. The molecule has 0 radical (unpaired) electrons. The summed E-state index contributed by atoms with van der Waals surface area (Å²) >= 11 is 0. The molecule has 0 aromatic heterocycles. The number of anilines is 2. The Morgan fingerprint density at radius 3 is 2.11 bits per heavy atom. The second kappa shape index (κ2) is 7.06. The predicted molar refractivity (Wildman–Crippen MR) is 96.2 cm³/mol. The monoisotopic (exact) mass is 376 g/mol. The maximum atomic E-state index is 13.0. The zero-order valence-electron chi connectivity index (χ0n) is 14.7. The van der Waals surface area contributed by atoms with Crippen molar-refractivity contribution < 1.29 is 22.8 Å². The van der Waals surface area contributed by atoms with Gasteiger partial charge in [-0.3, -0.25) is 9.59 Å². The molecule has 2 amide bonds. The minimum Gasteiger partial charge on any atom is -0.325 e. The zero-order valence-corrected chi connectivity index (χ0v) is 14.7. The Balaban J connectivity index is 1.75.